The van der Waals surface area contributed by atoms with E-state index in [0.717, 1.165) is 29.0 Å². The molecule has 1 aliphatic rings. The normalized spacial score (nSPS) is 15.7. The lowest BCUT2D eigenvalue weighted by atomic mass is 9.97. The summed E-state index contributed by atoms with van der Waals surface area (Å²) in [5.74, 6) is 0.562. The molecule has 0 radical (unpaired) electrons. The average Bonchev–Trinajstić information content (AvgIpc) is 3.30. The van der Waals surface area contributed by atoms with E-state index < -0.39 is 11.5 Å². The van der Waals surface area contributed by atoms with E-state index in [1.165, 1.54) is 7.11 Å². The van der Waals surface area contributed by atoms with E-state index >= 15 is 0 Å². The molecule has 2 heterocycles. The van der Waals surface area contributed by atoms with Crippen molar-refractivity contribution in [1.82, 2.24) is 9.78 Å². The number of carbonyl (C=O) groups is 1. The van der Waals surface area contributed by atoms with Crippen LogP contribution in [-0.4, -0.2) is 43.1 Å². The largest absolute Gasteiger partial charge is 0.496 e. The highest BCUT2D eigenvalue weighted by Crippen LogP contribution is 2.36. The van der Waals surface area contributed by atoms with Gasteiger partial charge in [0.05, 0.1) is 37.4 Å². The minimum absolute atomic E-state index is 0.0651. The van der Waals surface area contributed by atoms with Crippen molar-refractivity contribution in [2.24, 2.45) is 0 Å². The monoisotopic (exact) mass is 439 g/mol. The predicted octanol–water partition coefficient (Wildman–Crippen LogP) is 3.68. The molecule has 0 N–H and O–H groups in total. The molecular weight excluding hydrogens is 418 g/mol. The van der Waals surface area contributed by atoms with Gasteiger partial charge in [-0.1, -0.05) is 41.9 Å². The highest BCUT2D eigenvalue weighted by Gasteiger charge is 2.29. The topological polar surface area (TPSA) is 73.7 Å². The molecule has 1 unspecified atom stereocenters. The Labute approximate surface area is 184 Å². The number of carbonyl (C=O) groups excluding carboxylic acids is 1. The Morgan fingerprint density at radius 3 is 2.61 bits per heavy atom. The lowest BCUT2D eigenvalue weighted by molar-refractivity contribution is 0.0600. The Kier molecular flexibility index (Phi) is 5.95. The van der Waals surface area contributed by atoms with E-state index in [0.29, 0.717) is 17.9 Å². The quantitative estimate of drug-likeness (QED) is 0.565. The van der Waals surface area contributed by atoms with E-state index in [2.05, 4.69) is 16.1 Å². The Balaban J connectivity index is 1.65. The first-order chi connectivity index (χ1) is 15.0. The molecule has 1 atom stereocenters. The summed E-state index contributed by atoms with van der Waals surface area (Å²) in [6.45, 7) is 1.44. The van der Waals surface area contributed by atoms with Crippen molar-refractivity contribution in [2.45, 2.75) is 12.3 Å². The molecule has 31 heavy (non-hydrogen) atoms. The fraction of sp³-hybridized carbons (Fsp3) is 0.261. The molecule has 8 heteroatoms. The van der Waals surface area contributed by atoms with Gasteiger partial charge in [-0.05, 0) is 30.2 Å². The number of methoxy groups -OCH3 is 2. The SMILES string of the molecule is COC(=O)c1ccccc1-n1ncc(N2CCC(c3ccccc3OC)C2)c(Cl)c1=O. The number of nitrogens with zero attached hydrogens (tertiary/aromatic N) is 3. The van der Waals surface area contributed by atoms with Gasteiger partial charge in [-0.15, -0.1) is 0 Å². The zero-order valence-corrected chi connectivity index (χ0v) is 18.0. The molecule has 1 aromatic heterocycles. The van der Waals surface area contributed by atoms with Crippen molar-refractivity contribution in [3.8, 4) is 11.4 Å². The third-order valence-corrected chi connectivity index (χ3v) is 5.90. The highest BCUT2D eigenvalue weighted by molar-refractivity contribution is 6.33. The minimum Gasteiger partial charge on any atom is -0.496 e. The van der Waals surface area contributed by atoms with Crippen molar-refractivity contribution in [3.63, 3.8) is 0 Å². The zero-order chi connectivity index (χ0) is 22.0. The maximum atomic E-state index is 13.0. The van der Waals surface area contributed by atoms with Gasteiger partial charge in [-0.2, -0.15) is 9.78 Å². The van der Waals surface area contributed by atoms with Gasteiger partial charge < -0.3 is 14.4 Å². The fourth-order valence-electron chi connectivity index (χ4n) is 3.99. The molecule has 1 aliphatic heterocycles. The second-order valence-electron chi connectivity index (χ2n) is 7.24. The number of halogens is 1. The molecule has 7 nitrogen and oxygen atoms in total. The van der Waals surface area contributed by atoms with Crippen molar-refractivity contribution >= 4 is 23.3 Å². The fourth-order valence-corrected chi connectivity index (χ4v) is 4.24. The summed E-state index contributed by atoms with van der Waals surface area (Å²) < 4.78 is 11.4. The van der Waals surface area contributed by atoms with Gasteiger partial charge in [-0.3, -0.25) is 4.79 Å². The number of aromatic nitrogens is 2. The molecule has 1 saturated heterocycles. The van der Waals surface area contributed by atoms with Crippen LogP contribution < -0.4 is 15.2 Å². The molecule has 0 aliphatic carbocycles. The van der Waals surface area contributed by atoms with Crippen molar-refractivity contribution in [1.29, 1.82) is 0 Å². The predicted molar refractivity (Wildman–Crippen MR) is 119 cm³/mol. The summed E-state index contributed by atoms with van der Waals surface area (Å²) in [6, 6.07) is 14.6. The summed E-state index contributed by atoms with van der Waals surface area (Å²) >= 11 is 6.49. The van der Waals surface area contributed by atoms with E-state index in [9.17, 15) is 9.59 Å². The Morgan fingerprint density at radius 2 is 1.84 bits per heavy atom. The summed E-state index contributed by atoms with van der Waals surface area (Å²) in [4.78, 5) is 27.2. The van der Waals surface area contributed by atoms with Crippen LogP contribution in [0.5, 0.6) is 5.75 Å². The molecule has 4 rings (SSSR count). The van der Waals surface area contributed by atoms with Crippen LogP contribution >= 0.6 is 11.6 Å². The number of hydrogen-bond donors (Lipinski definition) is 0. The van der Waals surface area contributed by atoms with Crippen LogP contribution in [0.4, 0.5) is 5.69 Å². The maximum absolute atomic E-state index is 13.0. The number of esters is 1. The third-order valence-electron chi connectivity index (χ3n) is 5.55. The summed E-state index contributed by atoms with van der Waals surface area (Å²) in [5, 5.41) is 4.37. The number of para-hydroxylation sites is 2. The molecule has 2 aromatic carbocycles. The molecule has 0 spiro atoms. The average molecular weight is 440 g/mol. The van der Waals surface area contributed by atoms with Gasteiger partial charge in [0.25, 0.3) is 5.56 Å². The highest BCUT2D eigenvalue weighted by atomic mass is 35.5. The van der Waals surface area contributed by atoms with Crippen molar-refractivity contribution < 1.29 is 14.3 Å². The van der Waals surface area contributed by atoms with Crippen molar-refractivity contribution in [2.75, 3.05) is 32.2 Å². The molecule has 1 fully saturated rings. The maximum Gasteiger partial charge on any atom is 0.340 e. The van der Waals surface area contributed by atoms with Crippen LogP contribution in [0.25, 0.3) is 5.69 Å². The summed E-state index contributed by atoms with van der Waals surface area (Å²) in [7, 11) is 2.95. The lowest BCUT2D eigenvalue weighted by Crippen LogP contribution is -2.28. The van der Waals surface area contributed by atoms with Crippen LogP contribution in [0, 0.1) is 0 Å². The second kappa shape index (κ2) is 8.81. The first-order valence-electron chi connectivity index (χ1n) is 9.88. The Hall–Kier alpha value is -3.32. The van der Waals surface area contributed by atoms with Crippen LogP contribution in [0.2, 0.25) is 5.02 Å². The van der Waals surface area contributed by atoms with Gasteiger partial charge in [0, 0.05) is 19.0 Å². The second-order valence-corrected chi connectivity index (χ2v) is 7.62. The van der Waals surface area contributed by atoms with E-state index in [4.69, 9.17) is 21.1 Å². The lowest BCUT2D eigenvalue weighted by Gasteiger charge is -2.21. The third kappa shape index (κ3) is 3.88. The molecule has 0 bridgehead atoms. The summed E-state index contributed by atoms with van der Waals surface area (Å²) in [5.41, 5.74) is 1.78. The van der Waals surface area contributed by atoms with Crippen LogP contribution in [-0.2, 0) is 4.74 Å². The number of anilines is 1. The molecule has 0 saturated carbocycles. The molecule has 3 aromatic rings. The Morgan fingerprint density at radius 1 is 1.10 bits per heavy atom. The van der Waals surface area contributed by atoms with Gasteiger partial charge in [0.2, 0.25) is 0 Å². The first kappa shape index (κ1) is 20.9. The summed E-state index contributed by atoms with van der Waals surface area (Å²) in [6.07, 6.45) is 2.48. The van der Waals surface area contributed by atoms with Crippen LogP contribution in [0.1, 0.15) is 28.3 Å². The number of benzene rings is 2. The van der Waals surface area contributed by atoms with Crippen LogP contribution in [0.15, 0.2) is 59.5 Å². The minimum atomic E-state index is -0.552. The standard InChI is InChI=1S/C23H22ClN3O4/c1-30-20-10-6-4-7-16(20)15-11-12-26(14-15)19-13-25-27(22(28)21(19)24)18-9-5-3-8-17(18)23(29)31-2/h3-10,13,15H,11-12,14H2,1-2H3. The van der Waals surface area contributed by atoms with E-state index in [-0.39, 0.29) is 16.5 Å². The zero-order valence-electron chi connectivity index (χ0n) is 17.2. The van der Waals surface area contributed by atoms with Gasteiger partial charge in [0.15, 0.2) is 0 Å². The van der Waals surface area contributed by atoms with Crippen molar-refractivity contribution in [3.05, 3.63) is 81.2 Å². The molecule has 160 valence electrons. The number of rotatable bonds is 5. The van der Waals surface area contributed by atoms with Gasteiger partial charge in [0.1, 0.15) is 10.8 Å². The van der Waals surface area contributed by atoms with Gasteiger partial charge in [-0.25, -0.2) is 4.79 Å². The van der Waals surface area contributed by atoms with Gasteiger partial charge >= 0.3 is 5.97 Å². The van der Waals surface area contributed by atoms with Crippen LogP contribution in [0.3, 0.4) is 0 Å². The van der Waals surface area contributed by atoms with E-state index in [1.54, 1.807) is 37.6 Å². The smallest absolute Gasteiger partial charge is 0.340 e. The first-order valence-corrected chi connectivity index (χ1v) is 10.3. The Bertz CT molecular complexity index is 1180. The molecule has 0 amide bonds. The number of ether oxygens (including phenoxy) is 2. The number of hydrogen-bond acceptors (Lipinski definition) is 6. The molecular formula is C23H22ClN3O4. The van der Waals surface area contributed by atoms with E-state index in [1.807, 2.05) is 18.2 Å².